The SMILES string of the molecule is NCCc1c[nH]c2ccc(OC(C(N)=O)c3ccccc3)cc12. The number of carbonyl (C=O) groups is 1. The monoisotopic (exact) mass is 309 g/mol. The maximum Gasteiger partial charge on any atom is 0.263 e. The molecule has 0 aliphatic rings. The maximum absolute atomic E-state index is 11.8. The van der Waals surface area contributed by atoms with E-state index in [1.54, 1.807) is 0 Å². The fraction of sp³-hybridized carbons (Fsp3) is 0.167. The van der Waals surface area contributed by atoms with Crippen molar-refractivity contribution in [2.24, 2.45) is 11.5 Å². The zero-order valence-electron chi connectivity index (χ0n) is 12.7. The smallest absolute Gasteiger partial charge is 0.263 e. The molecule has 3 rings (SSSR count). The van der Waals surface area contributed by atoms with E-state index in [1.807, 2.05) is 54.7 Å². The van der Waals surface area contributed by atoms with Gasteiger partial charge in [0, 0.05) is 22.7 Å². The molecule has 0 spiro atoms. The van der Waals surface area contributed by atoms with Crippen molar-refractivity contribution in [3.8, 4) is 5.75 Å². The van der Waals surface area contributed by atoms with Crippen molar-refractivity contribution in [3.63, 3.8) is 0 Å². The van der Waals surface area contributed by atoms with E-state index in [1.165, 1.54) is 0 Å². The van der Waals surface area contributed by atoms with Gasteiger partial charge in [0.05, 0.1) is 0 Å². The average molecular weight is 309 g/mol. The van der Waals surface area contributed by atoms with E-state index >= 15 is 0 Å². The Bertz CT molecular complexity index is 812. The molecule has 0 fully saturated rings. The van der Waals surface area contributed by atoms with Crippen LogP contribution in [0, 0.1) is 0 Å². The van der Waals surface area contributed by atoms with Crippen molar-refractivity contribution in [2.75, 3.05) is 6.54 Å². The van der Waals surface area contributed by atoms with Crippen LogP contribution in [0.4, 0.5) is 0 Å². The lowest BCUT2D eigenvalue weighted by Gasteiger charge is -2.16. The summed E-state index contributed by atoms with van der Waals surface area (Å²) in [5.41, 5.74) is 14.0. The topological polar surface area (TPSA) is 94.1 Å². The van der Waals surface area contributed by atoms with Gasteiger partial charge in [0.25, 0.3) is 5.91 Å². The number of aromatic nitrogens is 1. The number of nitrogens with two attached hydrogens (primary N) is 2. The first-order chi connectivity index (χ1) is 11.2. The Morgan fingerprint density at radius 3 is 2.65 bits per heavy atom. The number of nitrogens with one attached hydrogen (secondary N) is 1. The van der Waals surface area contributed by atoms with Crippen LogP contribution in [0.1, 0.15) is 17.2 Å². The number of primary amides is 1. The van der Waals surface area contributed by atoms with Gasteiger partial charge >= 0.3 is 0 Å². The highest BCUT2D eigenvalue weighted by atomic mass is 16.5. The molecule has 0 saturated carbocycles. The highest BCUT2D eigenvalue weighted by Gasteiger charge is 2.20. The third kappa shape index (κ3) is 3.19. The number of ether oxygens (including phenoxy) is 1. The third-order valence-electron chi connectivity index (χ3n) is 3.77. The van der Waals surface area contributed by atoms with E-state index < -0.39 is 12.0 Å². The number of benzene rings is 2. The zero-order valence-corrected chi connectivity index (χ0v) is 12.7. The summed E-state index contributed by atoms with van der Waals surface area (Å²) in [5, 5.41) is 1.05. The van der Waals surface area contributed by atoms with E-state index in [0.717, 1.165) is 28.5 Å². The molecule has 5 N–H and O–H groups in total. The number of hydrogen-bond acceptors (Lipinski definition) is 3. The maximum atomic E-state index is 11.8. The van der Waals surface area contributed by atoms with Gasteiger partial charge < -0.3 is 21.2 Å². The molecule has 1 amide bonds. The van der Waals surface area contributed by atoms with Gasteiger partial charge in [0.2, 0.25) is 6.10 Å². The second-order valence-electron chi connectivity index (χ2n) is 5.37. The molecule has 23 heavy (non-hydrogen) atoms. The summed E-state index contributed by atoms with van der Waals surface area (Å²) in [7, 11) is 0. The van der Waals surface area contributed by atoms with Crippen LogP contribution in [0.3, 0.4) is 0 Å². The lowest BCUT2D eigenvalue weighted by Crippen LogP contribution is -2.26. The molecule has 0 radical (unpaired) electrons. The minimum Gasteiger partial charge on any atom is -0.476 e. The van der Waals surface area contributed by atoms with E-state index in [-0.39, 0.29) is 0 Å². The molecule has 1 atom stereocenters. The summed E-state index contributed by atoms with van der Waals surface area (Å²) in [6.45, 7) is 0.575. The normalized spacial score (nSPS) is 12.2. The van der Waals surface area contributed by atoms with E-state index in [4.69, 9.17) is 16.2 Å². The van der Waals surface area contributed by atoms with Crippen molar-refractivity contribution in [1.29, 1.82) is 0 Å². The van der Waals surface area contributed by atoms with Gasteiger partial charge in [-0.2, -0.15) is 0 Å². The number of rotatable bonds is 6. The minimum absolute atomic E-state index is 0.521. The summed E-state index contributed by atoms with van der Waals surface area (Å²) < 4.78 is 5.85. The van der Waals surface area contributed by atoms with Gasteiger partial charge in [-0.25, -0.2) is 0 Å². The van der Waals surface area contributed by atoms with E-state index in [2.05, 4.69) is 4.98 Å². The van der Waals surface area contributed by atoms with E-state index in [0.29, 0.717) is 12.3 Å². The predicted molar refractivity (Wildman–Crippen MR) is 90.1 cm³/mol. The molecule has 5 nitrogen and oxygen atoms in total. The van der Waals surface area contributed by atoms with Crippen LogP contribution >= 0.6 is 0 Å². The highest BCUT2D eigenvalue weighted by molar-refractivity contribution is 5.85. The first-order valence-corrected chi connectivity index (χ1v) is 7.50. The minimum atomic E-state index is -0.814. The van der Waals surface area contributed by atoms with Crippen molar-refractivity contribution < 1.29 is 9.53 Å². The van der Waals surface area contributed by atoms with Crippen molar-refractivity contribution >= 4 is 16.8 Å². The lowest BCUT2D eigenvalue weighted by atomic mass is 10.1. The third-order valence-corrected chi connectivity index (χ3v) is 3.77. The van der Waals surface area contributed by atoms with E-state index in [9.17, 15) is 4.79 Å². The Morgan fingerprint density at radius 1 is 1.17 bits per heavy atom. The van der Waals surface area contributed by atoms with Gasteiger partial charge in [0.15, 0.2) is 0 Å². The predicted octanol–water partition coefficient (Wildman–Crippen LogP) is 2.27. The van der Waals surface area contributed by atoms with Gasteiger partial charge in [-0.3, -0.25) is 4.79 Å². The molecule has 1 heterocycles. The van der Waals surface area contributed by atoms with Crippen LogP contribution in [0.2, 0.25) is 0 Å². The summed E-state index contributed by atoms with van der Waals surface area (Å²) in [6.07, 6.45) is 1.91. The van der Waals surface area contributed by atoms with Gasteiger partial charge in [-0.15, -0.1) is 0 Å². The summed E-state index contributed by atoms with van der Waals surface area (Å²) in [5.74, 6) is 0.0792. The van der Waals surface area contributed by atoms with Crippen molar-refractivity contribution in [1.82, 2.24) is 4.98 Å². The van der Waals surface area contributed by atoms with Crippen LogP contribution < -0.4 is 16.2 Å². The molecule has 5 heteroatoms. The molecule has 118 valence electrons. The number of fused-ring (bicyclic) bond motifs is 1. The molecule has 0 aliphatic carbocycles. The van der Waals surface area contributed by atoms with Gasteiger partial charge in [-0.1, -0.05) is 30.3 Å². The van der Waals surface area contributed by atoms with Crippen LogP contribution in [-0.2, 0) is 11.2 Å². The van der Waals surface area contributed by atoms with Crippen molar-refractivity contribution in [3.05, 3.63) is 65.9 Å². The van der Waals surface area contributed by atoms with Gasteiger partial charge in [0.1, 0.15) is 5.75 Å². The molecule has 0 saturated heterocycles. The first-order valence-electron chi connectivity index (χ1n) is 7.50. The Labute approximate surface area is 134 Å². The Hall–Kier alpha value is -2.79. The Balaban J connectivity index is 1.92. The molecule has 2 aromatic carbocycles. The van der Waals surface area contributed by atoms with Crippen LogP contribution in [0.15, 0.2) is 54.7 Å². The molecule has 3 aromatic rings. The zero-order chi connectivity index (χ0) is 16.2. The number of H-pyrrole nitrogens is 1. The quantitative estimate of drug-likeness (QED) is 0.652. The Morgan fingerprint density at radius 2 is 1.96 bits per heavy atom. The number of carbonyl (C=O) groups excluding carboxylic acids is 1. The number of aromatic amines is 1. The lowest BCUT2D eigenvalue weighted by molar-refractivity contribution is -0.125. The molecular weight excluding hydrogens is 290 g/mol. The summed E-state index contributed by atoms with van der Waals surface area (Å²) >= 11 is 0. The Kier molecular flexibility index (Phi) is 4.30. The number of amides is 1. The second kappa shape index (κ2) is 6.54. The largest absolute Gasteiger partial charge is 0.476 e. The fourth-order valence-corrected chi connectivity index (χ4v) is 2.65. The standard InChI is InChI=1S/C18H19N3O2/c19-9-8-13-11-21-16-7-6-14(10-15(13)16)23-17(18(20)22)12-4-2-1-3-5-12/h1-7,10-11,17,21H,8-9,19H2,(H2,20,22). The average Bonchev–Trinajstić information content (AvgIpc) is 2.96. The first kappa shape index (κ1) is 15.1. The van der Waals surface area contributed by atoms with Crippen molar-refractivity contribution in [2.45, 2.75) is 12.5 Å². The van der Waals surface area contributed by atoms with Crippen LogP contribution in [-0.4, -0.2) is 17.4 Å². The molecule has 1 unspecified atom stereocenters. The fourth-order valence-electron chi connectivity index (χ4n) is 2.65. The second-order valence-corrected chi connectivity index (χ2v) is 5.37. The highest BCUT2D eigenvalue weighted by Crippen LogP contribution is 2.27. The molecular formula is C18H19N3O2. The summed E-state index contributed by atoms with van der Waals surface area (Å²) in [4.78, 5) is 15.0. The number of hydrogen-bond donors (Lipinski definition) is 3. The van der Waals surface area contributed by atoms with Crippen LogP contribution in [0.25, 0.3) is 10.9 Å². The molecule has 1 aromatic heterocycles. The van der Waals surface area contributed by atoms with Crippen LogP contribution in [0.5, 0.6) is 5.75 Å². The summed E-state index contributed by atoms with van der Waals surface area (Å²) in [6, 6.07) is 14.9. The van der Waals surface area contributed by atoms with Gasteiger partial charge in [-0.05, 0) is 36.7 Å². The molecule has 0 bridgehead atoms. The molecule has 0 aliphatic heterocycles.